The molecule has 4 heteroatoms. The first kappa shape index (κ1) is 11.6. The van der Waals surface area contributed by atoms with Gasteiger partial charge in [0.2, 0.25) is 5.91 Å². The summed E-state index contributed by atoms with van der Waals surface area (Å²) in [5.74, 6) is -0.291. The number of halogens is 1. The fourth-order valence-corrected chi connectivity index (χ4v) is 2.00. The number of carbonyl (C=O) groups is 1. The second-order valence-corrected chi connectivity index (χ2v) is 4.19. The fraction of sp³-hybridized carbons (Fsp3) is 0.385. The number of carbonyl (C=O) groups excluding carboxylic acids is 1. The van der Waals surface area contributed by atoms with E-state index in [1.54, 1.807) is 4.90 Å². The average Bonchev–Trinajstić information content (AvgIpc) is 2.35. The highest BCUT2D eigenvalue weighted by Gasteiger charge is 2.19. The third-order valence-corrected chi connectivity index (χ3v) is 2.96. The first-order valence-electron chi connectivity index (χ1n) is 5.67. The van der Waals surface area contributed by atoms with Gasteiger partial charge in [-0.3, -0.25) is 4.79 Å². The van der Waals surface area contributed by atoms with Crippen molar-refractivity contribution in [2.24, 2.45) is 0 Å². The van der Waals surface area contributed by atoms with Gasteiger partial charge < -0.3 is 4.90 Å². The molecule has 0 bridgehead atoms. The number of piperidine rings is 1. The number of likely N-dealkylation sites (tertiary alicyclic amines) is 1. The molecular formula is C13H13FN2O. The van der Waals surface area contributed by atoms with Crippen molar-refractivity contribution in [1.29, 1.82) is 5.26 Å². The molecule has 0 aromatic heterocycles. The maximum absolute atomic E-state index is 13.5. The lowest BCUT2D eigenvalue weighted by Gasteiger charge is -2.26. The molecular weight excluding hydrogens is 219 g/mol. The molecule has 88 valence electrons. The summed E-state index contributed by atoms with van der Waals surface area (Å²) in [5, 5.41) is 8.76. The summed E-state index contributed by atoms with van der Waals surface area (Å²) in [5.41, 5.74) is 0.838. The molecule has 17 heavy (non-hydrogen) atoms. The van der Waals surface area contributed by atoms with Crippen molar-refractivity contribution in [3.8, 4) is 6.07 Å². The zero-order chi connectivity index (χ0) is 12.3. The van der Waals surface area contributed by atoms with Gasteiger partial charge in [0.25, 0.3) is 0 Å². The van der Waals surface area contributed by atoms with Crippen LogP contribution in [0.1, 0.15) is 30.4 Å². The Labute approximate surface area is 99.5 Å². The third-order valence-electron chi connectivity index (χ3n) is 2.96. The van der Waals surface area contributed by atoms with Crippen molar-refractivity contribution in [2.45, 2.75) is 25.8 Å². The minimum Gasteiger partial charge on any atom is -0.338 e. The molecule has 1 heterocycles. The molecule has 1 aliphatic rings. The lowest BCUT2D eigenvalue weighted by molar-refractivity contribution is -0.133. The Kier molecular flexibility index (Phi) is 3.38. The molecule has 0 atom stereocenters. The number of nitrogens with zero attached hydrogens (tertiary/aromatic N) is 2. The Hall–Kier alpha value is -1.89. The van der Waals surface area contributed by atoms with Crippen molar-refractivity contribution in [2.75, 3.05) is 6.54 Å². The number of nitriles is 1. The van der Waals surface area contributed by atoms with Crippen molar-refractivity contribution in [1.82, 2.24) is 4.90 Å². The minimum absolute atomic E-state index is 0.0676. The van der Waals surface area contributed by atoms with Crippen molar-refractivity contribution in [3.05, 3.63) is 35.1 Å². The van der Waals surface area contributed by atoms with E-state index in [4.69, 9.17) is 5.26 Å². The number of amides is 1. The zero-order valence-corrected chi connectivity index (χ0v) is 9.45. The fourth-order valence-electron chi connectivity index (χ4n) is 2.00. The van der Waals surface area contributed by atoms with Gasteiger partial charge >= 0.3 is 0 Å². The summed E-state index contributed by atoms with van der Waals surface area (Å²) in [6, 6.07) is 6.21. The Morgan fingerprint density at radius 2 is 2.24 bits per heavy atom. The molecule has 0 N–H and O–H groups in total. The Morgan fingerprint density at radius 3 is 2.94 bits per heavy atom. The van der Waals surface area contributed by atoms with Crippen LogP contribution >= 0.6 is 0 Å². The maximum Gasteiger partial charge on any atom is 0.222 e. The highest BCUT2D eigenvalue weighted by atomic mass is 19.1. The molecule has 3 nitrogen and oxygen atoms in total. The number of hydrogen-bond donors (Lipinski definition) is 0. The Bertz CT molecular complexity index is 479. The second-order valence-electron chi connectivity index (χ2n) is 4.19. The lowest BCUT2D eigenvalue weighted by atomic mass is 10.1. The van der Waals surface area contributed by atoms with E-state index < -0.39 is 0 Å². The van der Waals surface area contributed by atoms with Crippen LogP contribution in [0, 0.1) is 17.1 Å². The summed E-state index contributed by atoms with van der Waals surface area (Å²) in [7, 11) is 0. The number of hydrogen-bond acceptors (Lipinski definition) is 2. The van der Waals surface area contributed by atoms with Crippen LogP contribution in [-0.2, 0) is 11.3 Å². The van der Waals surface area contributed by atoms with E-state index >= 15 is 0 Å². The molecule has 0 spiro atoms. The molecule has 2 rings (SSSR count). The SMILES string of the molecule is N#Cc1ccc(F)c(CN2CCCCC2=O)c1. The summed E-state index contributed by atoms with van der Waals surface area (Å²) < 4.78 is 13.5. The molecule has 1 amide bonds. The smallest absolute Gasteiger partial charge is 0.222 e. The third kappa shape index (κ3) is 2.62. The van der Waals surface area contributed by atoms with E-state index in [-0.39, 0.29) is 18.3 Å². The van der Waals surface area contributed by atoms with E-state index in [0.717, 1.165) is 12.8 Å². The Morgan fingerprint density at radius 1 is 1.41 bits per heavy atom. The molecule has 1 aromatic rings. The van der Waals surface area contributed by atoms with Crippen LogP contribution in [0.15, 0.2) is 18.2 Å². The van der Waals surface area contributed by atoms with Crippen LogP contribution in [0.5, 0.6) is 0 Å². The predicted octanol–water partition coefficient (Wildman–Crippen LogP) is 2.21. The van der Waals surface area contributed by atoms with Gasteiger partial charge in [0, 0.05) is 25.1 Å². The summed E-state index contributed by atoms with van der Waals surface area (Å²) in [4.78, 5) is 13.3. The summed E-state index contributed by atoms with van der Waals surface area (Å²) in [6.45, 7) is 0.940. The van der Waals surface area contributed by atoms with E-state index in [2.05, 4.69) is 0 Å². The van der Waals surface area contributed by atoms with Gasteiger partial charge in [-0.2, -0.15) is 5.26 Å². The highest BCUT2D eigenvalue weighted by molar-refractivity contribution is 5.76. The van der Waals surface area contributed by atoms with Gasteiger partial charge in [-0.05, 0) is 31.0 Å². The summed E-state index contributed by atoms with van der Waals surface area (Å²) >= 11 is 0. The second kappa shape index (κ2) is 4.96. The molecule has 1 fully saturated rings. The van der Waals surface area contributed by atoms with Crippen LogP contribution in [-0.4, -0.2) is 17.4 Å². The molecule has 0 aliphatic carbocycles. The van der Waals surface area contributed by atoms with Crippen LogP contribution in [0.3, 0.4) is 0 Å². The first-order chi connectivity index (χ1) is 8.20. The van der Waals surface area contributed by atoms with Crippen LogP contribution in [0.4, 0.5) is 4.39 Å². The molecule has 1 aliphatic heterocycles. The van der Waals surface area contributed by atoms with E-state index in [1.807, 2.05) is 6.07 Å². The van der Waals surface area contributed by atoms with Gasteiger partial charge in [0.05, 0.1) is 11.6 Å². The van der Waals surface area contributed by atoms with E-state index in [0.29, 0.717) is 24.1 Å². The topological polar surface area (TPSA) is 44.1 Å². The van der Waals surface area contributed by atoms with Gasteiger partial charge in [-0.15, -0.1) is 0 Å². The number of benzene rings is 1. The van der Waals surface area contributed by atoms with Crippen molar-refractivity contribution < 1.29 is 9.18 Å². The van der Waals surface area contributed by atoms with Crippen LogP contribution in [0.2, 0.25) is 0 Å². The maximum atomic E-state index is 13.5. The largest absolute Gasteiger partial charge is 0.338 e. The highest BCUT2D eigenvalue weighted by Crippen LogP contribution is 2.17. The van der Waals surface area contributed by atoms with Gasteiger partial charge in [0.15, 0.2) is 0 Å². The molecule has 1 saturated heterocycles. The van der Waals surface area contributed by atoms with Gasteiger partial charge in [-0.1, -0.05) is 0 Å². The van der Waals surface area contributed by atoms with Crippen molar-refractivity contribution in [3.63, 3.8) is 0 Å². The minimum atomic E-state index is -0.359. The standard InChI is InChI=1S/C13H13FN2O/c14-12-5-4-10(8-15)7-11(12)9-16-6-2-1-3-13(16)17/h4-5,7H,1-3,6,9H2. The van der Waals surface area contributed by atoms with Gasteiger partial charge in [-0.25, -0.2) is 4.39 Å². The molecule has 0 unspecified atom stereocenters. The van der Waals surface area contributed by atoms with Gasteiger partial charge in [0.1, 0.15) is 5.82 Å². The number of rotatable bonds is 2. The molecule has 0 saturated carbocycles. The summed E-state index contributed by atoms with van der Waals surface area (Å²) in [6.07, 6.45) is 2.42. The average molecular weight is 232 g/mol. The van der Waals surface area contributed by atoms with E-state index in [9.17, 15) is 9.18 Å². The predicted molar refractivity (Wildman–Crippen MR) is 60.4 cm³/mol. The quantitative estimate of drug-likeness (QED) is 0.784. The first-order valence-corrected chi connectivity index (χ1v) is 5.67. The van der Waals surface area contributed by atoms with Crippen LogP contribution < -0.4 is 0 Å². The Balaban J connectivity index is 2.17. The zero-order valence-electron chi connectivity index (χ0n) is 9.45. The van der Waals surface area contributed by atoms with E-state index in [1.165, 1.54) is 18.2 Å². The lowest BCUT2D eigenvalue weighted by Crippen LogP contribution is -2.34. The normalized spacial score (nSPS) is 15.8. The van der Waals surface area contributed by atoms with Crippen molar-refractivity contribution >= 4 is 5.91 Å². The van der Waals surface area contributed by atoms with Crippen LogP contribution in [0.25, 0.3) is 0 Å². The molecule has 1 aromatic carbocycles. The monoisotopic (exact) mass is 232 g/mol. The molecule has 0 radical (unpaired) electrons.